The summed E-state index contributed by atoms with van der Waals surface area (Å²) in [5.74, 6) is 0. The molecule has 2 aromatic heterocycles. The van der Waals surface area contributed by atoms with Gasteiger partial charge in [-0.15, -0.1) is 0 Å². The molecule has 0 atom stereocenters. The number of hydrogen-bond donors (Lipinski definition) is 0. The average molecular weight is 963 g/mol. The molecule has 75 heavy (non-hydrogen) atoms. The van der Waals surface area contributed by atoms with Gasteiger partial charge in [0.15, 0.2) is 0 Å². The third kappa shape index (κ3) is 5.90. The molecule has 0 aliphatic carbocycles. The third-order valence-electron chi connectivity index (χ3n) is 17.7. The standard InChI is InChI=1S/C70H55BN4/c1-40-28-33-59(54-24-15-13-21-51(40)54)75(60-34-29-41(2)52-22-14-16-25-55(52)60)62-37-32-57-70-67(62)44(5)47(8)73(70)64-27-17-26-63-68(64)71(57)56-31-36-61(66-43(4)46(7)72(63)69(56)66)74(58-35-30-48-18-11-12-23-53(48)45(58)6)65-39-50-20-10-9-19-49(50)38-42(65)3/h9-39H,1-8H3. The fraction of sp³-hybridized carbons (Fsp3) is 0.114. The Morgan fingerprint density at radius 3 is 1.31 bits per heavy atom. The number of aryl methyl sites for hydroxylation is 6. The van der Waals surface area contributed by atoms with Crippen molar-refractivity contribution in [2.24, 2.45) is 0 Å². The van der Waals surface area contributed by atoms with Crippen LogP contribution in [0.4, 0.5) is 34.1 Å². The van der Waals surface area contributed by atoms with Crippen LogP contribution in [-0.4, -0.2) is 15.8 Å². The zero-order chi connectivity index (χ0) is 50.7. The number of aromatic nitrogens is 2. The van der Waals surface area contributed by atoms with Crippen LogP contribution in [0.5, 0.6) is 0 Å². The van der Waals surface area contributed by atoms with Crippen molar-refractivity contribution in [1.29, 1.82) is 0 Å². The minimum atomic E-state index is -0.00109. The molecule has 0 spiro atoms. The number of hydrogen-bond acceptors (Lipinski definition) is 2. The Kier molecular flexibility index (Phi) is 9.25. The second-order valence-electron chi connectivity index (χ2n) is 21.5. The highest BCUT2D eigenvalue weighted by atomic mass is 15.2. The molecule has 358 valence electrons. The van der Waals surface area contributed by atoms with Crippen LogP contribution in [0.15, 0.2) is 188 Å². The van der Waals surface area contributed by atoms with Gasteiger partial charge < -0.3 is 18.9 Å². The van der Waals surface area contributed by atoms with E-state index in [-0.39, 0.29) is 6.71 Å². The topological polar surface area (TPSA) is 16.3 Å². The van der Waals surface area contributed by atoms with Crippen molar-refractivity contribution in [2.75, 3.05) is 9.80 Å². The lowest BCUT2D eigenvalue weighted by molar-refractivity contribution is 1.02. The maximum Gasteiger partial charge on any atom is 0.252 e. The quantitative estimate of drug-likeness (QED) is 0.154. The van der Waals surface area contributed by atoms with E-state index in [0.717, 1.165) is 0 Å². The summed E-state index contributed by atoms with van der Waals surface area (Å²) >= 11 is 0. The van der Waals surface area contributed by atoms with Gasteiger partial charge in [0.05, 0.1) is 33.8 Å². The van der Waals surface area contributed by atoms with Crippen LogP contribution in [0, 0.1) is 55.4 Å². The van der Waals surface area contributed by atoms with Gasteiger partial charge in [0.2, 0.25) is 0 Å². The van der Waals surface area contributed by atoms with Gasteiger partial charge in [-0.3, -0.25) is 0 Å². The van der Waals surface area contributed by atoms with Gasteiger partial charge in [-0.25, -0.2) is 0 Å². The zero-order valence-corrected chi connectivity index (χ0v) is 43.8. The van der Waals surface area contributed by atoms with Crippen molar-refractivity contribution in [3.63, 3.8) is 0 Å². The maximum absolute atomic E-state index is 2.60. The molecule has 11 aromatic carbocycles. The first-order chi connectivity index (χ1) is 36.6. The predicted molar refractivity (Wildman–Crippen MR) is 322 cm³/mol. The Morgan fingerprint density at radius 1 is 0.320 bits per heavy atom. The Morgan fingerprint density at radius 2 is 0.760 bits per heavy atom. The van der Waals surface area contributed by atoms with Crippen molar-refractivity contribution < 1.29 is 0 Å². The zero-order valence-electron chi connectivity index (χ0n) is 43.8. The van der Waals surface area contributed by atoms with E-state index in [4.69, 9.17) is 0 Å². The van der Waals surface area contributed by atoms with Crippen molar-refractivity contribution >= 4 is 122 Å². The fourth-order valence-corrected chi connectivity index (χ4v) is 13.9. The molecule has 2 aliphatic heterocycles. The van der Waals surface area contributed by atoms with Crippen molar-refractivity contribution in [1.82, 2.24) is 9.13 Å². The summed E-state index contributed by atoms with van der Waals surface area (Å²) in [6.07, 6.45) is 0. The van der Waals surface area contributed by atoms with Crippen molar-refractivity contribution in [2.45, 2.75) is 55.4 Å². The lowest BCUT2D eigenvalue weighted by atomic mass is 9.34. The van der Waals surface area contributed by atoms with Gasteiger partial charge in [0, 0.05) is 55.7 Å². The van der Waals surface area contributed by atoms with Gasteiger partial charge in [-0.05, 0) is 192 Å². The van der Waals surface area contributed by atoms with Crippen LogP contribution in [-0.2, 0) is 0 Å². The molecule has 0 radical (unpaired) electrons. The Labute approximate surface area is 438 Å². The van der Waals surface area contributed by atoms with Gasteiger partial charge in [0.1, 0.15) is 0 Å². The number of benzene rings is 11. The van der Waals surface area contributed by atoms with Crippen LogP contribution in [0.25, 0.3) is 76.3 Å². The molecule has 0 unspecified atom stereocenters. The summed E-state index contributed by atoms with van der Waals surface area (Å²) in [7, 11) is 0. The summed E-state index contributed by atoms with van der Waals surface area (Å²) in [5, 5.41) is 12.6. The molecule has 4 heterocycles. The molecule has 0 bridgehead atoms. The first kappa shape index (κ1) is 43.8. The molecular weight excluding hydrogens is 908 g/mol. The molecule has 0 amide bonds. The molecule has 0 N–H and O–H groups in total. The van der Waals surface area contributed by atoms with Crippen LogP contribution in [0.1, 0.15) is 44.8 Å². The van der Waals surface area contributed by atoms with Crippen LogP contribution in [0.2, 0.25) is 0 Å². The Hall–Kier alpha value is -8.80. The van der Waals surface area contributed by atoms with E-state index in [0.29, 0.717) is 0 Å². The summed E-state index contributed by atoms with van der Waals surface area (Å²) in [6, 6.07) is 71.1. The highest BCUT2D eigenvalue weighted by Crippen LogP contribution is 2.50. The van der Waals surface area contributed by atoms with E-state index < -0.39 is 0 Å². The maximum atomic E-state index is 2.60. The summed E-state index contributed by atoms with van der Waals surface area (Å²) < 4.78 is 5.21. The number of fused-ring (bicyclic) bond motifs is 8. The van der Waals surface area contributed by atoms with E-state index in [1.165, 1.54) is 172 Å². The smallest absolute Gasteiger partial charge is 0.252 e. The van der Waals surface area contributed by atoms with Gasteiger partial charge >= 0.3 is 0 Å². The molecule has 0 fully saturated rings. The van der Waals surface area contributed by atoms with Gasteiger partial charge in [-0.1, -0.05) is 133 Å². The summed E-state index contributed by atoms with van der Waals surface area (Å²) in [6.45, 7) is 18.4. The van der Waals surface area contributed by atoms with Crippen LogP contribution >= 0.6 is 0 Å². The Balaban J connectivity index is 1.01. The lowest BCUT2D eigenvalue weighted by Gasteiger charge is -2.36. The first-order valence-corrected chi connectivity index (χ1v) is 26.6. The molecular formula is C70H55BN4. The van der Waals surface area contributed by atoms with E-state index in [1.54, 1.807) is 0 Å². The fourth-order valence-electron chi connectivity index (χ4n) is 13.9. The molecule has 5 heteroatoms. The minimum absolute atomic E-state index is 0.00109. The molecule has 0 saturated carbocycles. The third-order valence-corrected chi connectivity index (χ3v) is 17.7. The predicted octanol–water partition coefficient (Wildman–Crippen LogP) is 16.7. The minimum Gasteiger partial charge on any atom is -0.314 e. The second-order valence-corrected chi connectivity index (χ2v) is 21.5. The van der Waals surface area contributed by atoms with Gasteiger partial charge in [-0.2, -0.15) is 0 Å². The van der Waals surface area contributed by atoms with E-state index in [1.807, 2.05) is 0 Å². The Bertz CT molecular complexity index is 4570. The largest absolute Gasteiger partial charge is 0.314 e. The van der Waals surface area contributed by atoms with Crippen LogP contribution < -0.4 is 26.2 Å². The number of nitrogens with zero attached hydrogens (tertiary/aromatic N) is 4. The lowest BCUT2D eigenvalue weighted by Crippen LogP contribution is -2.59. The summed E-state index contributed by atoms with van der Waals surface area (Å²) in [4.78, 5) is 5.16. The molecule has 2 aliphatic rings. The van der Waals surface area contributed by atoms with Gasteiger partial charge in [0.25, 0.3) is 6.71 Å². The van der Waals surface area contributed by atoms with Crippen molar-refractivity contribution in [3.8, 4) is 11.4 Å². The first-order valence-electron chi connectivity index (χ1n) is 26.6. The number of rotatable bonds is 6. The molecule has 13 aromatic rings. The van der Waals surface area contributed by atoms with E-state index >= 15 is 0 Å². The van der Waals surface area contributed by atoms with E-state index in [2.05, 4.69) is 262 Å². The normalized spacial score (nSPS) is 12.5. The van der Waals surface area contributed by atoms with Crippen molar-refractivity contribution in [3.05, 3.63) is 233 Å². The SMILES string of the molecule is Cc1cc2ccccc2cc1N(c1ccc2ccccc2c1C)c1ccc2c3c1c(C)c(C)n3-c1cccc3c1B2c1ccc(N(c2ccc(C)c4ccccc24)c2ccc(C)c4ccccc24)c2c(C)c(C)n-3c12. The average Bonchev–Trinajstić information content (AvgIpc) is 3.87. The van der Waals surface area contributed by atoms with E-state index in [9.17, 15) is 0 Å². The number of anilines is 6. The highest BCUT2D eigenvalue weighted by Gasteiger charge is 2.42. The highest BCUT2D eigenvalue weighted by molar-refractivity contribution is 7.00. The summed E-state index contributed by atoms with van der Waals surface area (Å²) in [5.41, 5.74) is 26.5. The molecule has 15 rings (SSSR count). The molecule has 4 nitrogen and oxygen atoms in total. The van der Waals surface area contributed by atoms with Crippen LogP contribution in [0.3, 0.4) is 0 Å². The monoisotopic (exact) mass is 962 g/mol. The molecule has 0 saturated heterocycles. The second kappa shape index (κ2) is 15.9.